The summed E-state index contributed by atoms with van der Waals surface area (Å²) in [6, 6.07) is 16.0. The number of halogens is 1. The second-order valence-electron chi connectivity index (χ2n) is 4.65. The van der Waals surface area contributed by atoms with E-state index in [0.29, 0.717) is 11.3 Å². The molecular weight excluding hydrogens is 328 g/mol. The first-order chi connectivity index (χ1) is 10.2. The minimum absolute atomic E-state index is 0.126. The van der Waals surface area contributed by atoms with Crippen molar-refractivity contribution in [1.82, 2.24) is 0 Å². The molecule has 0 saturated heterocycles. The number of ether oxygens (including phenoxy) is 1. The fourth-order valence-corrected chi connectivity index (χ4v) is 2.50. The summed E-state index contributed by atoms with van der Waals surface area (Å²) < 4.78 is 6.42. The third-order valence-electron chi connectivity index (χ3n) is 3.37. The molecule has 0 bridgehead atoms. The van der Waals surface area contributed by atoms with Crippen LogP contribution in [0, 0.1) is 11.3 Å². The Morgan fingerprint density at radius 3 is 2.52 bits per heavy atom. The van der Waals surface area contributed by atoms with Crippen LogP contribution in [0.4, 0.5) is 5.69 Å². The van der Waals surface area contributed by atoms with E-state index < -0.39 is 0 Å². The summed E-state index contributed by atoms with van der Waals surface area (Å²) in [4.78, 5) is 0. The maximum Gasteiger partial charge on any atom is 0.143 e. The summed E-state index contributed by atoms with van der Waals surface area (Å²) in [5, 5.41) is 12.7. The number of para-hydroxylation sites is 1. The van der Waals surface area contributed by atoms with E-state index in [-0.39, 0.29) is 6.04 Å². The van der Waals surface area contributed by atoms with Crippen LogP contribution in [0.25, 0.3) is 0 Å². The van der Waals surface area contributed by atoms with Crippen molar-refractivity contribution in [1.29, 1.82) is 5.26 Å². The van der Waals surface area contributed by atoms with Crippen molar-refractivity contribution in [2.45, 2.75) is 19.4 Å². The lowest BCUT2D eigenvalue weighted by atomic mass is 10.0. The van der Waals surface area contributed by atoms with Gasteiger partial charge in [0.2, 0.25) is 0 Å². The van der Waals surface area contributed by atoms with Crippen molar-refractivity contribution < 1.29 is 4.74 Å². The molecule has 0 radical (unpaired) electrons. The Labute approximate surface area is 133 Å². The fraction of sp³-hybridized carbons (Fsp3) is 0.235. The quantitative estimate of drug-likeness (QED) is 0.839. The van der Waals surface area contributed by atoms with Crippen LogP contribution in [0.1, 0.15) is 30.5 Å². The minimum Gasteiger partial charge on any atom is -0.495 e. The van der Waals surface area contributed by atoms with Gasteiger partial charge in [-0.3, -0.25) is 0 Å². The van der Waals surface area contributed by atoms with E-state index in [4.69, 9.17) is 4.74 Å². The Bertz CT molecular complexity index is 647. The van der Waals surface area contributed by atoms with Crippen LogP contribution in [-0.2, 0) is 0 Å². The highest BCUT2D eigenvalue weighted by molar-refractivity contribution is 9.10. The molecule has 0 aromatic heterocycles. The van der Waals surface area contributed by atoms with E-state index in [1.54, 1.807) is 13.2 Å². The molecule has 2 aromatic rings. The number of nitrogens with zero attached hydrogens (tertiary/aromatic N) is 1. The molecule has 4 heteroatoms. The molecular formula is C17H17BrN2O. The van der Waals surface area contributed by atoms with Crippen LogP contribution in [0.3, 0.4) is 0 Å². The van der Waals surface area contributed by atoms with E-state index in [0.717, 1.165) is 16.6 Å². The zero-order valence-corrected chi connectivity index (χ0v) is 13.6. The van der Waals surface area contributed by atoms with Gasteiger partial charge in [-0.25, -0.2) is 0 Å². The normalized spacial score (nSPS) is 11.5. The Morgan fingerprint density at radius 2 is 1.95 bits per heavy atom. The zero-order chi connectivity index (χ0) is 15.2. The van der Waals surface area contributed by atoms with Crippen LogP contribution in [-0.4, -0.2) is 7.11 Å². The van der Waals surface area contributed by atoms with Crippen molar-refractivity contribution in [3.05, 3.63) is 58.1 Å². The summed E-state index contributed by atoms with van der Waals surface area (Å²) in [6.07, 6.45) is 0.907. The highest BCUT2D eigenvalue weighted by atomic mass is 79.9. The predicted molar refractivity (Wildman–Crippen MR) is 88.5 cm³/mol. The van der Waals surface area contributed by atoms with Gasteiger partial charge in [0, 0.05) is 4.47 Å². The average Bonchev–Trinajstić information content (AvgIpc) is 2.53. The van der Waals surface area contributed by atoms with E-state index >= 15 is 0 Å². The van der Waals surface area contributed by atoms with Crippen molar-refractivity contribution in [2.24, 2.45) is 0 Å². The van der Waals surface area contributed by atoms with E-state index in [2.05, 4.69) is 46.4 Å². The fourth-order valence-electron chi connectivity index (χ4n) is 2.23. The molecule has 1 N–H and O–H groups in total. The number of anilines is 1. The Hall–Kier alpha value is -1.99. The first-order valence-electron chi connectivity index (χ1n) is 6.78. The summed E-state index contributed by atoms with van der Waals surface area (Å²) in [5.74, 6) is 0.685. The molecule has 0 aliphatic rings. The van der Waals surface area contributed by atoms with Gasteiger partial charge in [-0.05, 0) is 36.2 Å². The maximum absolute atomic E-state index is 9.28. The summed E-state index contributed by atoms with van der Waals surface area (Å²) >= 11 is 3.45. The third kappa shape index (κ3) is 3.56. The number of nitriles is 1. The molecule has 0 heterocycles. The van der Waals surface area contributed by atoms with Crippen molar-refractivity contribution in [3.63, 3.8) is 0 Å². The molecule has 0 aliphatic carbocycles. The number of rotatable bonds is 5. The number of hydrogen-bond donors (Lipinski definition) is 1. The monoisotopic (exact) mass is 344 g/mol. The highest BCUT2D eigenvalue weighted by Gasteiger charge is 2.15. The molecule has 0 saturated carbocycles. The third-order valence-corrected chi connectivity index (χ3v) is 3.89. The lowest BCUT2D eigenvalue weighted by Gasteiger charge is -2.21. The van der Waals surface area contributed by atoms with E-state index in [1.165, 1.54) is 5.56 Å². The first kappa shape index (κ1) is 15.4. The second-order valence-corrected chi connectivity index (χ2v) is 5.57. The molecule has 0 spiro atoms. The van der Waals surface area contributed by atoms with Crippen LogP contribution < -0.4 is 10.1 Å². The molecule has 21 heavy (non-hydrogen) atoms. The van der Waals surface area contributed by atoms with Crippen LogP contribution in [0.2, 0.25) is 0 Å². The number of methoxy groups -OCH3 is 1. The maximum atomic E-state index is 9.28. The predicted octanol–water partition coefficient (Wildman–Crippen LogP) is 4.89. The lowest BCUT2D eigenvalue weighted by Crippen LogP contribution is -2.11. The number of nitrogens with one attached hydrogen (secondary N) is 1. The van der Waals surface area contributed by atoms with Gasteiger partial charge in [-0.1, -0.05) is 41.1 Å². The molecule has 3 nitrogen and oxygen atoms in total. The van der Waals surface area contributed by atoms with E-state index in [1.807, 2.05) is 24.3 Å². The first-order valence-corrected chi connectivity index (χ1v) is 7.58. The number of benzene rings is 2. The van der Waals surface area contributed by atoms with Gasteiger partial charge in [0.25, 0.3) is 0 Å². The molecule has 108 valence electrons. The zero-order valence-electron chi connectivity index (χ0n) is 12.1. The topological polar surface area (TPSA) is 45.0 Å². The Balaban J connectivity index is 2.35. The molecule has 1 unspecified atom stereocenters. The van der Waals surface area contributed by atoms with Crippen molar-refractivity contribution in [3.8, 4) is 11.8 Å². The van der Waals surface area contributed by atoms with Gasteiger partial charge in [-0.15, -0.1) is 0 Å². The average molecular weight is 345 g/mol. The van der Waals surface area contributed by atoms with Crippen LogP contribution >= 0.6 is 15.9 Å². The molecule has 1 atom stereocenters. The Kier molecular flexibility index (Phi) is 5.24. The van der Waals surface area contributed by atoms with Crippen LogP contribution in [0.5, 0.6) is 5.75 Å². The van der Waals surface area contributed by atoms with Crippen molar-refractivity contribution in [2.75, 3.05) is 12.4 Å². The lowest BCUT2D eigenvalue weighted by molar-refractivity contribution is 0.415. The standard InChI is InChI=1S/C17H17BrN2O/c1-3-15(12-7-9-14(18)10-8-12)20-17-13(11-19)5-4-6-16(17)21-2/h4-10,15,20H,3H2,1-2H3. The van der Waals surface area contributed by atoms with Gasteiger partial charge in [-0.2, -0.15) is 5.26 Å². The molecule has 0 aliphatic heterocycles. The highest BCUT2D eigenvalue weighted by Crippen LogP contribution is 2.32. The summed E-state index contributed by atoms with van der Waals surface area (Å²) in [5.41, 5.74) is 2.51. The largest absolute Gasteiger partial charge is 0.495 e. The van der Waals surface area contributed by atoms with Crippen LogP contribution in [0.15, 0.2) is 46.9 Å². The minimum atomic E-state index is 0.126. The number of hydrogen-bond acceptors (Lipinski definition) is 3. The van der Waals surface area contributed by atoms with Crippen molar-refractivity contribution >= 4 is 21.6 Å². The SMILES string of the molecule is CCC(Nc1c(C#N)cccc1OC)c1ccc(Br)cc1. The second kappa shape index (κ2) is 7.14. The van der Waals surface area contributed by atoms with Gasteiger partial charge >= 0.3 is 0 Å². The molecule has 0 amide bonds. The molecule has 0 fully saturated rings. The summed E-state index contributed by atoms with van der Waals surface area (Å²) in [6.45, 7) is 2.11. The summed E-state index contributed by atoms with van der Waals surface area (Å²) in [7, 11) is 1.61. The molecule has 2 rings (SSSR count). The van der Waals surface area contributed by atoms with Gasteiger partial charge in [0.1, 0.15) is 11.8 Å². The van der Waals surface area contributed by atoms with Gasteiger partial charge in [0.15, 0.2) is 0 Å². The molecule has 2 aromatic carbocycles. The Morgan fingerprint density at radius 1 is 1.24 bits per heavy atom. The smallest absolute Gasteiger partial charge is 0.143 e. The van der Waals surface area contributed by atoms with E-state index in [9.17, 15) is 5.26 Å². The van der Waals surface area contributed by atoms with Gasteiger partial charge < -0.3 is 10.1 Å². The van der Waals surface area contributed by atoms with Gasteiger partial charge in [0.05, 0.1) is 24.4 Å².